The van der Waals surface area contributed by atoms with E-state index in [2.05, 4.69) is 15.9 Å². The maximum Gasteiger partial charge on any atom is 0.271 e. The number of ether oxygens (including phenoxy) is 1. The van der Waals surface area contributed by atoms with Crippen LogP contribution in [0.5, 0.6) is 11.5 Å². The summed E-state index contributed by atoms with van der Waals surface area (Å²) in [4.78, 5) is 20.1. The maximum absolute atomic E-state index is 13.3. The third-order valence-corrected chi connectivity index (χ3v) is 5.88. The summed E-state index contributed by atoms with van der Waals surface area (Å²) >= 11 is 4.71. The zero-order valence-electron chi connectivity index (χ0n) is 16.7. The summed E-state index contributed by atoms with van der Waals surface area (Å²) in [6.45, 7) is 2.27. The highest BCUT2D eigenvalue weighted by atomic mass is 79.9. The predicted molar refractivity (Wildman–Crippen MR) is 130 cm³/mol. The van der Waals surface area contributed by atoms with Gasteiger partial charge in [0.05, 0.1) is 22.9 Å². The molecule has 1 amide bonds. The first-order valence-electron chi connectivity index (χ1n) is 9.65. The van der Waals surface area contributed by atoms with Gasteiger partial charge in [0, 0.05) is 10.0 Å². The molecule has 0 unspecified atom stereocenters. The Morgan fingerprint density at radius 3 is 2.45 bits per heavy atom. The van der Waals surface area contributed by atoms with Crippen molar-refractivity contribution >= 4 is 56.2 Å². The second-order valence-corrected chi connectivity index (χ2v) is 8.52. The molecular weight excluding hydrogens is 476 g/mol. The lowest BCUT2D eigenvalue weighted by Crippen LogP contribution is -2.28. The normalized spacial score (nSPS) is 16.3. The lowest BCUT2D eigenvalue weighted by Gasteiger charge is -2.15. The molecule has 0 radical (unpaired) electrons. The van der Waals surface area contributed by atoms with Gasteiger partial charge >= 0.3 is 0 Å². The number of hydrogen-bond acceptors (Lipinski definition) is 5. The second-order valence-electron chi connectivity index (χ2n) is 6.59. The van der Waals surface area contributed by atoms with Gasteiger partial charge in [0.2, 0.25) is 0 Å². The number of rotatable bonds is 5. The van der Waals surface area contributed by atoms with Crippen LogP contribution in [0, 0.1) is 0 Å². The Morgan fingerprint density at radius 1 is 1.10 bits per heavy atom. The third kappa shape index (κ3) is 4.68. The standard InChI is InChI=1S/C24H19BrN2O3S/c1-2-30-20-15-17(25)13-16(22(20)28)14-21-23(29)27(19-11-7-4-8-12-19)24(31-21)26-18-9-5-3-6-10-18/h3-15,28H,2H2,1H3/b21-14+,26-24?. The van der Waals surface area contributed by atoms with Crippen molar-refractivity contribution in [1.29, 1.82) is 0 Å². The van der Waals surface area contributed by atoms with Crippen molar-refractivity contribution in [2.75, 3.05) is 11.5 Å². The van der Waals surface area contributed by atoms with Gasteiger partial charge in [-0.3, -0.25) is 9.69 Å². The average molecular weight is 495 g/mol. The van der Waals surface area contributed by atoms with Crippen LogP contribution in [0.3, 0.4) is 0 Å². The summed E-state index contributed by atoms with van der Waals surface area (Å²) in [5, 5.41) is 11.2. The van der Waals surface area contributed by atoms with Crippen LogP contribution in [0.2, 0.25) is 0 Å². The van der Waals surface area contributed by atoms with Crippen LogP contribution in [-0.2, 0) is 4.79 Å². The van der Waals surface area contributed by atoms with E-state index in [0.29, 0.717) is 28.0 Å². The number of aliphatic imine (C=N–C) groups is 1. The summed E-state index contributed by atoms with van der Waals surface area (Å²) in [6.07, 6.45) is 1.67. The second kappa shape index (κ2) is 9.41. The van der Waals surface area contributed by atoms with Gasteiger partial charge in [-0.25, -0.2) is 4.99 Å². The Labute approximate surface area is 193 Å². The Kier molecular flexibility index (Phi) is 6.44. The van der Waals surface area contributed by atoms with Crippen LogP contribution < -0.4 is 9.64 Å². The lowest BCUT2D eigenvalue weighted by molar-refractivity contribution is -0.113. The molecule has 156 valence electrons. The molecule has 4 rings (SSSR count). The van der Waals surface area contributed by atoms with Crippen LogP contribution in [0.15, 0.2) is 87.2 Å². The number of carbonyl (C=O) groups is 1. The zero-order valence-corrected chi connectivity index (χ0v) is 19.1. The molecule has 1 N–H and O–H groups in total. The van der Waals surface area contributed by atoms with Gasteiger partial charge in [0.25, 0.3) is 5.91 Å². The monoisotopic (exact) mass is 494 g/mol. The number of hydrogen-bond donors (Lipinski definition) is 1. The molecule has 5 nitrogen and oxygen atoms in total. The predicted octanol–water partition coefficient (Wildman–Crippen LogP) is 6.36. The number of amidine groups is 1. The first-order chi connectivity index (χ1) is 15.1. The smallest absolute Gasteiger partial charge is 0.271 e. The number of phenols is 1. The summed E-state index contributed by atoms with van der Waals surface area (Å²) in [7, 11) is 0. The Hall–Kier alpha value is -3.03. The highest BCUT2D eigenvalue weighted by molar-refractivity contribution is 9.10. The van der Waals surface area contributed by atoms with Gasteiger partial charge in [-0.2, -0.15) is 0 Å². The number of carbonyl (C=O) groups excluding carboxylic acids is 1. The first-order valence-corrected chi connectivity index (χ1v) is 11.3. The van der Waals surface area contributed by atoms with Gasteiger partial charge in [-0.15, -0.1) is 0 Å². The van der Waals surface area contributed by atoms with Crippen LogP contribution in [-0.4, -0.2) is 22.8 Å². The molecule has 0 atom stereocenters. The summed E-state index contributed by atoms with van der Waals surface area (Å²) in [6, 6.07) is 22.3. The number of para-hydroxylation sites is 2. The van der Waals surface area contributed by atoms with Crippen LogP contribution >= 0.6 is 27.7 Å². The number of aromatic hydroxyl groups is 1. The van der Waals surface area contributed by atoms with Crippen LogP contribution in [0.4, 0.5) is 11.4 Å². The van der Waals surface area contributed by atoms with E-state index < -0.39 is 0 Å². The van der Waals surface area contributed by atoms with Crippen molar-refractivity contribution in [3.8, 4) is 11.5 Å². The molecule has 1 aliphatic heterocycles. The molecule has 7 heteroatoms. The molecule has 1 aliphatic rings. The molecule has 0 saturated carbocycles. The van der Waals surface area contributed by atoms with Gasteiger partial charge in [-0.05, 0) is 61.2 Å². The Morgan fingerprint density at radius 2 is 1.77 bits per heavy atom. The average Bonchev–Trinajstić information content (AvgIpc) is 3.07. The number of nitrogens with zero attached hydrogens (tertiary/aromatic N) is 2. The summed E-state index contributed by atoms with van der Waals surface area (Å²) < 4.78 is 6.25. The van der Waals surface area contributed by atoms with E-state index in [1.54, 1.807) is 23.1 Å². The zero-order chi connectivity index (χ0) is 21.8. The van der Waals surface area contributed by atoms with E-state index in [1.165, 1.54) is 11.8 Å². The van der Waals surface area contributed by atoms with E-state index in [-0.39, 0.29) is 11.7 Å². The third-order valence-electron chi connectivity index (χ3n) is 4.46. The molecular formula is C24H19BrN2O3S. The van der Waals surface area contributed by atoms with E-state index in [0.717, 1.165) is 15.8 Å². The minimum atomic E-state index is -0.205. The minimum absolute atomic E-state index is 0.00865. The molecule has 1 fully saturated rings. The summed E-state index contributed by atoms with van der Waals surface area (Å²) in [5.41, 5.74) is 1.97. The van der Waals surface area contributed by atoms with E-state index in [9.17, 15) is 9.90 Å². The first kappa shape index (κ1) is 21.2. The quantitative estimate of drug-likeness (QED) is 0.419. The number of anilines is 1. The van der Waals surface area contributed by atoms with Gasteiger partial charge < -0.3 is 9.84 Å². The van der Waals surface area contributed by atoms with Crippen molar-refractivity contribution in [3.05, 3.63) is 87.7 Å². The molecule has 0 aliphatic carbocycles. The van der Waals surface area contributed by atoms with Crippen LogP contribution in [0.1, 0.15) is 12.5 Å². The van der Waals surface area contributed by atoms with Crippen LogP contribution in [0.25, 0.3) is 6.08 Å². The summed E-state index contributed by atoms with van der Waals surface area (Å²) in [5.74, 6) is 0.145. The van der Waals surface area contributed by atoms with Crippen molar-refractivity contribution in [3.63, 3.8) is 0 Å². The lowest BCUT2D eigenvalue weighted by atomic mass is 10.1. The number of benzene rings is 3. The molecule has 3 aromatic carbocycles. The molecule has 1 heterocycles. The highest BCUT2D eigenvalue weighted by Crippen LogP contribution is 2.40. The number of phenolic OH excluding ortho intramolecular Hbond substituents is 1. The molecule has 0 spiro atoms. The molecule has 3 aromatic rings. The molecule has 0 bridgehead atoms. The Bertz CT molecular complexity index is 1160. The SMILES string of the molecule is CCOc1cc(Br)cc(/C=C2/SC(=Nc3ccccc3)N(c3ccccc3)C2=O)c1O. The van der Waals surface area contributed by atoms with E-state index in [4.69, 9.17) is 9.73 Å². The fourth-order valence-corrected chi connectivity index (χ4v) is 4.52. The largest absolute Gasteiger partial charge is 0.504 e. The van der Waals surface area contributed by atoms with Gasteiger partial charge in [0.15, 0.2) is 16.7 Å². The topological polar surface area (TPSA) is 62.1 Å². The number of amides is 1. The maximum atomic E-state index is 13.3. The van der Waals surface area contributed by atoms with Crippen molar-refractivity contribution in [2.24, 2.45) is 4.99 Å². The molecule has 0 aromatic heterocycles. The minimum Gasteiger partial charge on any atom is -0.504 e. The van der Waals surface area contributed by atoms with Gasteiger partial charge in [0.1, 0.15) is 0 Å². The fraction of sp³-hybridized carbons (Fsp3) is 0.0833. The van der Waals surface area contributed by atoms with E-state index >= 15 is 0 Å². The van der Waals surface area contributed by atoms with Crippen molar-refractivity contribution in [2.45, 2.75) is 6.92 Å². The fourth-order valence-electron chi connectivity index (χ4n) is 3.08. The number of thioether (sulfide) groups is 1. The van der Waals surface area contributed by atoms with Crippen molar-refractivity contribution in [1.82, 2.24) is 0 Å². The number of halogens is 1. The Balaban J connectivity index is 1.79. The van der Waals surface area contributed by atoms with Crippen molar-refractivity contribution < 1.29 is 14.6 Å². The molecule has 31 heavy (non-hydrogen) atoms. The van der Waals surface area contributed by atoms with Gasteiger partial charge in [-0.1, -0.05) is 52.3 Å². The highest BCUT2D eigenvalue weighted by Gasteiger charge is 2.35. The molecule has 1 saturated heterocycles. The van der Waals surface area contributed by atoms with E-state index in [1.807, 2.05) is 67.6 Å².